The topological polar surface area (TPSA) is 0 Å². The Kier molecular flexibility index (Phi) is 4.30. The zero-order chi connectivity index (χ0) is 7.40. The fourth-order valence-corrected chi connectivity index (χ4v) is 2.67. The SMILES string of the molecule is C/S(I)=C\CC1CCCC1. The normalized spacial score (nSPS) is 23.8. The Hall–Kier alpha value is 0.950. The first-order valence-corrected chi connectivity index (χ1v) is 8.17. The van der Waals surface area contributed by atoms with E-state index in [0.29, 0.717) is 7.66 Å². The van der Waals surface area contributed by atoms with E-state index in [9.17, 15) is 0 Å². The van der Waals surface area contributed by atoms with Crippen molar-refractivity contribution in [3.05, 3.63) is 0 Å². The van der Waals surface area contributed by atoms with Crippen LogP contribution in [0.1, 0.15) is 32.1 Å². The Morgan fingerprint density at radius 3 is 2.60 bits per heavy atom. The molecule has 0 aromatic rings. The summed E-state index contributed by atoms with van der Waals surface area (Å²) in [4.78, 5) is 0. The molecule has 0 aromatic heterocycles. The Bertz CT molecular complexity index is 121. The van der Waals surface area contributed by atoms with Crippen LogP contribution in [0.25, 0.3) is 0 Å². The highest BCUT2D eigenvalue weighted by Crippen LogP contribution is 2.28. The maximum atomic E-state index is 2.50. The average molecular weight is 270 g/mol. The average Bonchev–Trinajstić information content (AvgIpc) is 2.34. The van der Waals surface area contributed by atoms with Crippen LogP contribution in [0.15, 0.2) is 0 Å². The van der Waals surface area contributed by atoms with E-state index < -0.39 is 0 Å². The second kappa shape index (κ2) is 4.75. The van der Waals surface area contributed by atoms with Gasteiger partial charge in [-0.2, -0.15) is 0 Å². The first kappa shape index (κ1) is 9.04. The molecule has 1 unspecified atom stereocenters. The van der Waals surface area contributed by atoms with Gasteiger partial charge in [0.1, 0.15) is 0 Å². The van der Waals surface area contributed by atoms with Crippen molar-refractivity contribution in [2.45, 2.75) is 32.1 Å². The zero-order valence-electron chi connectivity index (χ0n) is 6.48. The Morgan fingerprint density at radius 2 is 2.10 bits per heavy atom. The highest BCUT2D eigenvalue weighted by molar-refractivity contribution is 14.2. The molecule has 1 saturated carbocycles. The van der Waals surface area contributed by atoms with E-state index in [1.807, 2.05) is 0 Å². The van der Waals surface area contributed by atoms with Gasteiger partial charge in [0.25, 0.3) is 0 Å². The van der Waals surface area contributed by atoms with Crippen LogP contribution in [0.5, 0.6) is 0 Å². The number of halogens is 1. The first-order valence-electron chi connectivity index (χ1n) is 3.93. The van der Waals surface area contributed by atoms with Crippen LogP contribution in [-0.4, -0.2) is 11.6 Å². The van der Waals surface area contributed by atoms with E-state index >= 15 is 0 Å². The number of hydrogen-bond donors (Lipinski definition) is 0. The molecule has 0 nitrogen and oxygen atoms in total. The molecular weight excluding hydrogens is 255 g/mol. The van der Waals surface area contributed by atoms with Crippen molar-refractivity contribution in [2.75, 3.05) is 6.26 Å². The van der Waals surface area contributed by atoms with Gasteiger partial charge in [-0.1, -0.05) is 31.1 Å². The summed E-state index contributed by atoms with van der Waals surface area (Å²) in [6.45, 7) is 0. The van der Waals surface area contributed by atoms with Crippen LogP contribution in [-0.2, 0) is 0 Å². The van der Waals surface area contributed by atoms with Gasteiger partial charge in [0.05, 0.1) is 0 Å². The summed E-state index contributed by atoms with van der Waals surface area (Å²) in [7, 11) is 0.533. The lowest BCUT2D eigenvalue weighted by atomic mass is 10.1. The molecule has 0 aliphatic heterocycles. The molecular formula is C8H15IS. The molecule has 1 aliphatic rings. The summed E-state index contributed by atoms with van der Waals surface area (Å²) < 4.78 is 0. The smallest absolute Gasteiger partial charge is 0.0116 e. The van der Waals surface area contributed by atoms with E-state index in [2.05, 4.69) is 32.8 Å². The summed E-state index contributed by atoms with van der Waals surface area (Å²) >= 11 is 2.50. The van der Waals surface area contributed by atoms with Gasteiger partial charge in [0, 0.05) is 0 Å². The monoisotopic (exact) mass is 270 g/mol. The lowest BCUT2D eigenvalue weighted by Gasteiger charge is -2.03. The predicted octanol–water partition coefficient (Wildman–Crippen LogP) is 3.62. The number of hydrogen-bond acceptors (Lipinski definition) is 0. The van der Waals surface area contributed by atoms with Crippen LogP contribution >= 0.6 is 28.9 Å². The third-order valence-corrected chi connectivity index (χ3v) is 3.86. The highest BCUT2D eigenvalue weighted by atomic mass is 127. The van der Waals surface area contributed by atoms with E-state index in [-0.39, 0.29) is 0 Å². The predicted molar refractivity (Wildman–Crippen MR) is 60.2 cm³/mol. The van der Waals surface area contributed by atoms with Crippen molar-refractivity contribution in [3.8, 4) is 0 Å². The Balaban J connectivity index is 2.18. The fourth-order valence-electron chi connectivity index (χ4n) is 1.51. The third-order valence-electron chi connectivity index (χ3n) is 2.13. The summed E-state index contributed by atoms with van der Waals surface area (Å²) in [6, 6.07) is 0. The van der Waals surface area contributed by atoms with Crippen molar-refractivity contribution < 1.29 is 0 Å². The zero-order valence-corrected chi connectivity index (χ0v) is 9.45. The first-order chi connectivity index (χ1) is 4.79. The van der Waals surface area contributed by atoms with Crippen LogP contribution in [0.3, 0.4) is 0 Å². The molecule has 0 aromatic carbocycles. The molecule has 0 saturated heterocycles. The molecule has 1 fully saturated rings. The third kappa shape index (κ3) is 3.37. The minimum Gasteiger partial charge on any atom is -0.130 e. The minimum absolute atomic E-state index is 0.533. The molecule has 0 radical (unpaired) electrons. The van der Waals surface area contributed by atoms with Crippen molar-refractivity contribution >= 4 is 34.2 Å². The highest BCUT2D eigenvalue weighted by Gasteiger charge is 2.12. The van der Waals surface area contributed by atoms with E-state index in [4.69, 9.17) is 0 Å². The standard InChI is InChI=1S/C8H15IS/c1-10(9)7-6-8-4-2-3-5-8/h7-8H,2-6H2,1H3. The van der Waals surface area contributed by atoms with Crippen molar-refractivity contribution in [1.29, 1.82) is 0 Å². The summed E-state index contributed by atoms with van der Waals surface area (Å²) in [5, 5.41) is 2.48. The second-order valence-corrected chi connectivity index (χ2v) is 8.49. The summed E-state index contributed by atoms with van der Waals surface area (Å²) in [5.41, 5.74) is 0. The van der Waals surface area contributed by atoms with Gasteiger partial charge in [-0.25, -0.2) is 0 Å². The summed E-state index contributed by atoms with van der Waals surface area (Å²) in [5.74, 6) is 1.05. The summed E-state index contributed by atoms with van der Waals surface area (Å²) in [6.07, 6.45) is 9.61. The maximum Gasteiger partial charge on any atom is -0.0116 e. The maximum absolute atomic E-state index is 2.50. The molecule has 0 amide bonds. The molecule has 0 spiro atoms. The molecule has 1 aliphatic carbocycles. The van der Waals surface area contributed by atoms with E-state index in [1.165, 1.54) is 32.1 Å². The van der Waals surface area contributed by atoms with Crippen LogP contribution in [0.2, 0.25) is 0 Å². The lowest BCUT2D eigenvalue weighted by Crippen LogP contribution is -1.92. The van der Waals surface area contributed by atoms with Gasteiger partial charge < -0.3 is 0 Å². The van der Waals surface area contributed by atoms with Gasteiger partial charge in [-0.15, -0.1) is 7.66 Å². The van der Waals surface area contributed by atoms with Crippen LogP contribution < -0.4 is 0 Å². The Morgan fingerprint density at radius 1 is 1.50 bits per heavy atom. The van der Waals surface area contributed by atoms with Gasteiger partial charge in [0.2, 0.25) is 0 Å². The van der Waals surface area contributed by atoms with E-state index in [0.717, 1.165) is 5.92 Å². The van der Waals surface area contributed by atoms with Gasteiger partial charge in [0.15, 0.2) is 0 Å². The molecule has 1 rings (SSSR count). The van der Waals surface area contributed by atoms with E-state index in [1.54, 1.807) is 0 Å². The molecule has 10 heavy (non-hydrogen) atoms. The quantitative estimate of drug-likeness (QED) is 0.531. The Labute approximate surface area is 78.3 Å². The van der Waals surface area contributed by atoms with Crippen molar-refractivity contribution in [2.24, 2.45) is 5.92 Å². The number of rotatable bonds is 2. The molecule has 0 heterocycles. The molecule has 1 atom stereocenters. The molecule has 2 heteroatoms. The van der Waals surface area contributed by atoms with Gasteiger partial charge >= 0.3 is 0 Å². The fraction of sp³-hybridized carbons (Fsp3) is 0.875. The largest absolute Gasteiger partial charge is 0.130 e. The molecule has 0 N–H and O–H groups in total. The van der Waals surface area contributed by atoms with Crippen molar-refractivity contribution in [3.63, 3.8) is 0 Å². The minimum atomic E-state index is 0.533. The molecule has 60 valence electrons. The van der Waals surface area contributed by atoms with Crippen LogP contribution in [0, 0.1) is 5.92 Å². The second-order valence-electron chi connectivity index (χ2n) is 3.03. The van der Waals surface area contributed by atoms with Gasteiger partial charge in [-0.3, -0.25) is 0 Å². The van der Waals surface area contributed by atoms with Gasteiger partial charge in [-0.05, 0) is 39.8 Å². The molecule has 0 bridgehead atoms. The van der Waals surface area contributed by atoms with Crippen LogP contribution in [0.4, 0.5) is 0 Å². The van der Waals surface area contributed by atoms with Crippen molar-refractivity contribution in [1.82, 2.24) is 0 Å². The lowest BCUT2D eigenvalue weighted by molar-refractivity contribution is 0.580.